The number of halogens is 3. The molecule has 1 aliphatic heterocycles. The summed E-state index contributed by atoms with van der Waals surface area (Å²) in [5.74, 6) is -3.17. The first-order chi connectivity index (χ1) is 13.3. The zero-order valence-corrected chi connectivity index (χ0v) is 14.1. The number of fused-ring (bicyclic) bond motifs is 1. The molecule has 4 rings (SSSR count). The van der Waals surface area contributed by atoms with Gasteiger partial charge in [0.05, 0.1) is 5.39 Å². The second-order valence-electron chi connectivity index (χ2n) is 6.43. The average Bonchev–Trinajstić information content (AvgIpc) is 3.15. The lowest BCUT2D eigenvalue weighted by Crippen LogP contribution is -2.34. The summed E-state index contributed by atoms with van der Waals surface area (Å²) in [4.78, 5) is 7.62. The third kappa shape index (κ3) is 2.79. The first-order valence-electron chi connectivity index (χ1n) is 8.20. The van der Waals surface area contributed by atoms with Gasteiger partial charge in [-0.3, -0.25) is 0 Å². The van der Waals surface area contributed by atoms with E-state index in [-0.39, 0.29) is 22.4 Å². The van der Waals surface area contributed by atoms with E-state index in [9.17, 15) is 28.5 Å². The van der Waals surface area contributed by atoms with E-state index in [1.165, 1.54) is 0 Å². The Morgan fingerprint density at radius 1 is 1.07 bits per heavy atom. The van der Waals surface area contributed by atoms with Crippen molar-refractivity contribution >= 4 is 16.9 Å². The van der Waals surface area contributed by atoms with Crippen LogP contribution in [0.25, 0.3) is 11.0 Å². The third-order valence-corrected chi connectivity index (χ3v) is 4.74. The second-order valence-corrected chi connectivity index (χ2v) is 6.43. The third-order valence-electron chi connectivity index (χ3n) is 4.74. The molecule has 0 unspecified atom stereocenters. The maximum atomic E-state index is 14.2. The van der Waals surface area contributed by atoms with E-state index in [2.05, 4.69) is 9.97 Å². The smallest absolute Gasteiger partial charge is 0.164 e. The molecule has 1 saturated heterocycles. The average molecular weight is 396 g/mol. The van der Waals surface area contributed by atoms with Gasteiger partial charge >= 0.3 is 0 Å². The standard InChI is InChI=1S/C17H15F3N4O4/c18-7-2-1-6(3-8(7)19)11(25)14-12(26)13(27)17(28-14)24-4-9(20)10-15(21)22-5-23-16(10)24/h1-5,11-14,17,25-27H,(H2,21,22,23)/t11-,12-,13+,14+,17+/m0/s1. The van der Waals surface area contributed by atoms with Gasteiger partial charge in [0.2, 0.25) is 0 Å². The van der Waals surface area contributed by atoms with Gasteiger partial charge in [0.15, 0.2) is 29.3 Å². The fraction of sp³-hybridized carbons (Fsp3) is 0.294. The molecule has 2 aromatic heterocycles. The fourth-order valence-corrected chi connectivity index (χ4v) is 3.32. The SMILES string of the molecule is Nc1ncnc2c1c(F)cn2[C@@H]1O[C@H]([C@@H](O)c2ccc(F)c(F)c2)[C@@H](O)[C@H]1O. The topological polar surface area (TPSA) is 127 Å². The molecule has 1 fully saturated rings. The summed E-state index contributed by atoms with van der Waals surface area (Å²) in [7, 11) is 0. The highest BCUT2D eigenvalue weighted by Gasteiger charge is 2.47. The molecule has 5 N–H and O–H groups in total. The van der Waals surface area contributed by atoms with Crippen molar-refractivity contribution in [3.05, 3.63) is 53.7 Å². The Kier molecular flexibility index (Phi) is 4.46. The molecule has 0 spiro atoms. The molecule has 0 bridgehead atoms. The van der Waals surface area contributed by atoms with Crippen molar-refractivity contribution < 1.29 is 33.2 Å². The summed E-state index contributed by atoms with van der Waals surface area (Å²) in [5, 5.41) is 31.0. The number of benzene rings is 1. The fourth-order valence-electron chi connectivity index (χ4n) is 3.32. The first kappa shape index (κ1) is 18.6. The van der Waals surface area contributed by atoms with Crippen molar-refractivity contribution in [1.29, 1.82) is 0 Å². The summed E-state index contributed by atoms with van der Waals surface area (Å²) < 4.78 is 47.5. The highest BCUT2D eigenvalue weighted by molar-refractivity contribution is 5.86. The molecule has 0 aliphatic carbocycles. The van der Waals surface area contributed by atoms with E-state index in [0.29, 0.717) is 0 Å². The number of anilines is 1. The molecule has 1 aliphatic rings. The van der Waals surface area contributed by atoms with Gasteiger partial charge in [-0.2, -0.15) is 0 Å². The van der Waals surface area contributed by atoms with Crippen LogP contribution in [0.2, 0.25) is 0 Å². The molecule has 8 nitrogen and oxygen atoms in total. The zero-order valence-electron chi connectivity index (χ0n) is 14.1. The molecule has 5 atom stereocenters. The van der Waals surface area contributed by atoms with Crippen LogP contribution in [0.1, 0.15) is 17.9 Å². The van der Waals surface area contributed by atoms with Gasteiger partial charge in [0, 0.05) is 6.20 Å². The molecule has 148 valence electrons. The molecule has 3 aromatic rings. The number of aliphatic hydroxyl groups excluding tert-OH is 3. The van der Waals surface area contributed by atoms with Gasteiger partial charge in [-0.15, -0.1) is 0 Å². The van der Waals surface area contributed by atoms with Crippen LogP contribution < -0.4 is 5.73 Å². The molecule has 3 heterocycles. The predicted octanol–water partition coefficient (Wildman–Crippen LogP) is 0.784. The lowest BCUT2D eigenvalue weighted by atomic mass is 9.99. The van der Waals surface area contributed by atoms with Gasteiger partial charge in [0.25, 0.3) is 0 Å². The molecule has 28 heavy (non-hydrogen) atoms. The summed E-state index contributed by atoms with van der Waals surface area (Å²) in [6.45, 7) is 0. The van der Waals surface area contributed by atoms with Crippen LogP contribution in [-0.4, -0.2) is 48.2 Å². The lowest BCUT2D eigenvalue weighted by molar-refractivity contribution is -0.0850. The number of nitrogens with two attached hydrogens (primary N) is 1. The van der Waals surface area contributed by atoms with Crippen LogP contribution in [0.3, 0.4) is 0 Å². The van der Waals surface area contributed by atoms with Crippen LogP contribution in [-0.2, 0) is 4.74 Å². The van der Waals surface area contributed by atoms with Crippen molar-refractivity contribution in [3.8, 4) is 0 Å². The Morgan fingerprint density at radius 2 is 1.82 bits per heavy atom. The molecule has 1 aromatic carbocycles. The normalized spacial score (nSPS) is 26.1. The number of nitrogens with zero attached hydrogens (tertiary/aromatic N) is 3. The molecule has 0 saturated carbocycles. The Labute approximate surface area is 155 Å². The minimum atomic E-state index is -1.60. The predicted molar refractivity (Wildman–Crippen MR) is 89.1 cm³/mol. The van der Waals surface area contributed by atoms with Crippen molar-refractivity contribution in [3.63, 3.8) is 0 Å². The van der Waals surface area contributed by atoms with E-state index in [1.54, 1.807) is 0 Å². The number of hydrogen-bond donors (Lipinski definition) is 4. The number of rotatable bonds is 3. The monoisotopic (exact) mass is 396 g/mol. The Morgan fingerprint density at radius 3 is 2.54 bits per heavy atom. The van der Waals surface area contributed by atoms with Crippen LogP contribution in [0.15, 0.2) is 30.7 Å². The molecule has 11 heteroatoms. The summed E-state index contributed by atoms with van der Waals surface area (Å²) in [6, 6.07) is 2.70. The van der Waals surface area contributed by atoms with Gasteiger partial charge in [-0.25, -0.2) is 23.1 Å². The maximum Gasteiger partial charge on any atom is 0.164 e. The maximum absolute atomic E-state index is 14.2. The van der Waals surface area contributed by atoms with E-state index >= 15 is 0 Å². The highest BCUT2D eigenvalue weighted by atomic mass is 19.2. The van der Waals surface area contributed by atoms with Gasteiger partial charge in [0.1, 0.15) is 36.6 Å². The molecular formula is C17H15F3N4O4. The number of hydrogen-bond acceptors (Lipinski definition) is 7. The van der Waals surface area contributed by atoms with E-state index < -0.39 is 48.1 Å². The van der Waals surface area contributed by atoms with Crippen molar-refractivity contribution in [1.82, 2.24) is 14.5 Å². The Hall–Kier alpha value is -2.73. The van der Waals surface area contributed by atoms with Crippen LogP contribution >= 0.6 is 0 Å². The van der Waals surface area contributed by atoms with Crippen molar-refractivity contribution in [2.24, 2.45) is 0 Å². The van der Waals surface area contributed by atoms with E-state index in [0.717, 1.165) is 35.3 Å². The summed E-state index contributed by atoms with van der Waals surface area (Å²) >= 11 is 0. The lowest BCUT2D eigenvalue weighted by Gasteiger charge is -2.21. The first-order valence-corrected chi connectivity index (χ1v) is 8.20. The van der Waals surface area contributed by atoms with E-state index in [1.807, 2.05) is 0 Å². The van der Waals surface area contributed by atoms with Gasteiger partial charge in [-0.05, 0) is 17.7 Å². The number of aromatic nitrogens is 3. The highest BCUT2D eigenvalue weighted by Crippen LogP contribution is 2.38. The Balaban J connectivity index is 1.69. The van der Waals surface area contributed by atoms with Crippen LogP contribution in [0, 0.1) is 17.5 Å². The van der Waals surface area contributed by atoms with Gasteiger partial charge < -0.3 is 30.4 Å². The summed E-state index contributed by atoms with van der Waals surface area (Å²) in [6.07, 6.45) is -5.41. The second kappa shape index (κ2) is 6.71. The number of ether oxygens (including phenoxy) is 1. The zero-order chi connectivity index (χ0) is 20.2. The largest absolute Gasteiger partial charge is 0.387 e. The van der Waals surface area contributed by atoms with Crippen LogP contribution in [0.5, 0.6) is 0 Å². The summed E-state index contributed by atoms with van der Waals surface area (Å²) in [5.41, 5.74) is 5.60. The van der Waals surface area contributed by atoms with E-state index in [4.69, 9.17) is 10.5 Å². The molecular weight excluding hydrogens is 381 g/mol. The van der Waals surface area contributed by atoms with Gasteiger partial charge in [-0.1, -0.05) is 6.07 Å². The molecule has 0 amide bonds. The number of nitrogen functional groups attached to an aromatic ring is 1. The number of aliphatic hydroxyl groups is 3. The molecule has 0 radical (unpaired) electrons. The van der Waals surface area contributed by atoms with Crippen LogP contribution in [0.4, 0.5) is 19.0 Å². The minimum Gasteiger partial charge on any atom is -0.387 e. The Bertz CT molecular complexity index is 1050. The van der Waals surface area contributed by atoms with Crippen molar-refractivity contribution in [2.45, 2.75) is 30.6 Å². The quantitative estimate of drug-likeness (QED) is 0.515. The van der Waals surface area contributed by atoms with Crippen molar-refractivity contribution in [2.75, 3.05) is 5.73 Å². The minimum absolute atomic E-state index is 0.0178.